The quantitative estimate of drug-likeness (QED) is 0.744. The van der Waals surface area contributed by atoms with Crippen LogP contribution in [0.4, 0.5) is 10.1 Å². The lowest BCUT2D eigenvalue weighted by Crippen LogP contribution is -2.44. The zero-order chi connectivity index (χ0) is 18.7. The number of hydrogen-bond acceptors (Lipinski definition) is 3. The van der Waals surface area contributed by atoms with E-state index in [4.69, 9.17) is 27.9 Å². The fraction of sp³-hybridized carbons (Fsp3) is 0.263. The number of para-hydroxylation sites is 1. The van der Waals surface area contributed by atoms with E-state index < -0.39 is 23.9 Å². The molecular weight excluding hydrogens is 380 g/mol. The molecule has 0 saturated heterocycles. The Hall–Kier alpha value is -2.11. The topological polar surface area (TPSA) is 55.4 Å². The van der Waals surface area contributed by atoms with Crippen LogP contribution in [0.2, 0.25) is 10.0 Å². The number of anilines is 1. The number of amides is 1. The summed E-state index contributed by atoms with van der Waals surface area (Å²) in [6, 6.07) is 10.6. The average Bonchev–Trinajstić information content (AvgIpc) is 2.57. The molecule has 26 heavy (non-hydrogen) atoms. The molecule has 4 nitrogen and oxygen atoms in total. The van der Waals surface area contributed by atoms with Crippen molar-refractivity contribution in [2.75, 3.05) is 11.9 Å². The van der Waals surface area contributed by atoms with Crippen molar-refractivity contribution in [3.8, 4) is 0 Å². The Morgan fingerprint density at radius 2 is 1.69 bits per heavy atom. The van der Waals surface area contributed by atoms with Crippen molar-refractivity contribution >= 4 is 40.8 Å². The number of benzene rings is 2. The van der Waals surface area contributed by atoms with Gasteiger partial charge in [0, 0.05) is 0 Å². The van der Waals surface area contributed by atoms with Crippen molar-refractivity contribution in [3.63, 3.8) is 0 Å². The molecule has 0 unspecified atom stereocenters. The summed E-state index contributed by atoms with van der Waals surface area (Å²) in [5.74, 6) is -1.40. The van der Waals surface area contributed by atoms with E-state index in [-0.39, 0.29) is 11.5 Å². The minimum Gasteiger partial charge on any atom is -0.455 e. The summed E-state index contributed by atoms with van der Waals surface area (Å²) in [5, 5.41) is 3.12. The van der Waals surface area contributed by atoms with Gasteiger partial charge in [-0.25, -0.2) is 4.39 Å². The smallest absolute Gasteiger partial charge is 0.317 e. The molecule has 1 aliphatic carbocycles. The first kappa shape index (κ1) is 18.7. The predicted molar refractivity (Wildman–Crippen MR) is 98.0 cm³/mol. The average molecular weight is 396 g/mol. The molecule has 7 heteroatoms. The van der Waals surface area contributed by atoms with Crippen LogP contribution in [0, 0.1) is 5.82 Å². The second-order valence-corrected chi connectivity index (χ2v) is 6.98. The molecule has 1 saturated carbocycles. The van der Waals surface area contributed by atoms with Crippen LogP contribution in [0.3, 0.4) is 0 Å². The number of carbonyl (C=O) groups is 2. The lowest BCUT2D eigenvalue weighted by molar-refractivity contribution is -0.156. The van der Waals surface area contributed by atoms with E-state index in [0.717, 1.165) is 6.42 Å². The Bertz CT molecular complexity index is 815. The normalized spacial score (nSPS) is 15.0. The fourth-order valence-electron chi connectivity index (χ4n) is 2.97. The van der Waals surface area contributed by atoms with Gasteiger partial charge in [-0.1, -0.05) is 47.8 Å². The summed E-state index contributed by atoms with van der Waals surface area (Å²) in [7, 11) is 0. The minimum atomic E-state index is -0.810. The molecule has 2 aromatic rings. The van der Waals surface area contributed by atoms with Gasteiger partial charge in [-0.15, -0.1) is 0 Å². The van der Waals surface area contributed by atoms with Crippen LogP contribution in [0.5, 0.6) is 0 Å². The highest BCUT2D eigenvalue weighted by atomic mass is 35.5. The number of rotatable bonds is 5. The SMILES string of the molecule is O=C(COC(=O)C1(c2ccc(F)cc2)CCC1)Nc1c(Cl)cccc1Cl. The molecule has 2 aromatic carbocycles. The highest BCUT2D eigenvalue weighted by molar-refractivity contribution is 6.39. The highest BCUT2D eigenvalue weighted by Crippen LogP contribution is 2.44. The first-order valence-corrected chi connectivity index (χ1v) is 8.85. The van der Waals surface area contributed by atoms with E-state index in [9.17, 15) is 14.0 Å². The first-order valence-electron chi connectivity index (χ1n) is 8.09. The van der Waals surface area contributed by atoms with Crippen molar-refractivity contribution in [3.05, 3.63) is 63.9 Å². The van der Waals surface area contributed by atoms with Gasteiger partial charge in [0.1, 0.15) is 5.82 Å². The molecule has 0 atom stereocenters. The van der Waals surface area contributed by atoms with Gasteiger partial charge in [0.2, 0.25) is 0 Å². The first-order chi connectivity index (χ1) is 12.4. The van der Waals surface area contributed by atoms with E-state index in [1.54, 1.807) is 30.3 Å². The molecular formula is C19H16Cl2FNO3. The van der Waals surface area contributed by atoms with Crippen LogP contribution in [0.15, 0.2) is 42.5 Å². The molecule has 136 valence electrons. The predicted octanol–water partition coefficient (Wildman–Crippen LogP) is 4.74. The van der Waals surface area contributed by atoms with Gasteiger partial charge >= 0.3 is 5.97 Å². The number of carbonyl (C=O) groups excluding carboxylic acids is 2. The Morgan fingerprint density at radius 1 is 1.08 bits per heavy atom. The third-order valence-corrected chi connectivity index (χ3v) is 5.19. The van der Waals surface area contributed by atoms with Crippen molar-refractivity contribution < 1.29 is 18.7 Å². The van der Waals surface area contributed by atoms with E-state index in [1.807, 2.05) is 0 Å². The second kappa shape index (κ2) is 7.64. The third-order valence-electron chi connectivity index (χ3n) is 4.56. The molecule has 0 radical (unpaired) electrons. The van der Waals surface area contributed by atoms with E-state index in [0.29, 0.717) is 28.5 Å². The van der Waals surface area contributed by atoms with Gasteiger partial charge < -0.3 is 10.1 Å². The molecule has 0 aliphatic heterocycles. The molecule has 1 fully saturated rings. The number of nitrogens with one attached hydrogen (secondary N) is 1. The van der Waals surface area contributed by atoms with Crippen LogP contribution in [0.1, 0.15) is 24.8 Å². The van der Waals surface area contributed by atoms with E-state index in [1.165, 1.54) is 12.1 Å². The number of halogens is 3. The molecule has 3 rings (SSSR count). The lowest BCUT2D eigenvalue weighted by Gasteiger charge is -2.39. The maximum Gasteiger partial charge on any atom is 0.317 e. The van der Waals surface area contributed by atoms with Crippen molar-refractivity contribution in [2.45, 2.75) is 24.7 Å². The monoisotopic (exact) mass is 395 g/mol. The molecule has 0 heterocycles. The lowest BCUT2D eigenvalue weighted by atomic mass is 9.64. The summed E-state index contributed by atoms with van der Waals surface area (Å²) < 4.78 is 18.4. The Kier molecular flexibility index (Phi) is 5.49. The Labute approximate surface area is 160 Å². The summed E-state index contributed by atoms with van der Waals surface area (Å²) >= 11 is 12.0. The van der Waals surface area contributed by atoms with Gasteiger partial charge in [0.25, 0.3) is 5.91 Å². The van der Waals surface area contributed by atoms with Crippen LogP contribution in [-0.4, -0.2) is 18.5 Å². The molecule has 1 N–H and O–H groups in total. The molecule has 1 amide bonds. The highest BCUT2D eigenvalue weighted by Gasteiger charge is 2.47. The van der Waals surface area contributed by atoms with Crippen LogP contribution in [-0.2, 0) is 19.7 Å². The Morgan fingerprint density at radius 3 is 2.23 bits per heavy atom. The number of ether oxygens (including phenoxy) is 1. The molecule has 0 aromatic heterocycles. The largest absolute Gasteiger partial charge is 0.455 e. The van der Waals surface area contributed by atoms with Crippen molar-refractivity contribution in [1.29, 1.82) is 0 Å². The van der Waals surface area contributed by atoms with Gasteiger partial charge in [-0.3, -0.25) is 9.59 Å². The van der Waals surface area contributed by atoms with Crippen LogP contribution in [0.25, 0.3) is 0 Å². The summed E-state index contributed by atoms with van der Waals surface area (Å²) in [6.07, 6.45) is 2.08. The third kappa shape index (κ3) is 3.69. The maximum atomic E-state index is 13.1. The number of esters is 1. The minimum absolute atomic E-state index is 0.272. The summed E-state index contributed by atoms with van der Waals surface area (Å²) in [6.45, 7) is -0.455. The number of hydrogen-bond donors (Lipinski definition) is 1. The molecule has 1 aliphatic rings. The van der Waals surface area contributed by atoms with Gasteiger partial charge in [-0.05, 0) is 42.7 Å². The fourth-order valence-corrected chi connectivity index (χ4v) is 3.46. The molecule has 0 bridgehead atoms. The van der Waals surface area contributed by atoms with Gasteiger partial charge in [0.15, 0.2) is 6.61 Å². The maximum absolute atomic E-state index is 13.1. The van der Waals surface area contributed by atoms with Crippen LogP contribution < -0.4 is 5.32 Å². The van der Waals surface area contributed by atoms with Gasteiger partial charge in [-0.2, -0.15) is 0 Å². The Balaban J connectivity index is 1.64. The van der Waals surface area contributed by atoms with Crippen molar-refractivity contribution in [1.82, 2.24) is 0 Å². The second-order valence-electron chi connectivity index (χ2n) is 6.16. The zero-order valence-electron chi connectivity index (χ0n) is 13.7. The van der Waals surface area contributed by atoms with E-state index >= 15 is 0 Å². The standard InChI is InChI=1S/C19H16Cl2FNO3/c20-14-3-1-4-15(21)17(14)23-16(24)11-26-18(25)19(9-2-10-19)12-5-7-13(22)8-6-12/h1,3-8H,2,9-11H2,(H,23,24). The summed E-state index contributed by atoms with van der Waals surface area (Å²) in [4.78, 5) is 24.7. The summed E-state index contributed by atoms with van der Waals surface area (Å²) in [5.41, 5.74) is 0.161. The molecule has 0 spiro atoms. The van der Waals surface area contributed by atoms with Crippen molar-refractivity contribution in [2.24, 2.45) is 0 Å². The van der Waals surface area contributed by atoms with Crippen LogP contribution >= 0.6 is 23.2 Å². The van der Waals surface area contributed by atoms with Gasteiger partial charge in [0.05, 0.1) is 21.1 Å². The zero-order valence-corrected chi connectivity index (χ0v) is 15.2. The van der Waals surface area contributed by atoms with E-state index in [2.05, 4.69) is 5.32 Å².